The van der Waals surface area contributed by atoms with E-state index in [0.29, 0.717) is 5.56 Å². The van der Waals surface area contributed by atoms with Crippen molar-refractivity contribution in [3.63, 3.8) is 0 Å². The number of anilines is 1. The van der Waals surface area contributed by atoms with Gasteiger partial charge in [-0.1, -0.05) is 18.2 Å². The summed E-state index contributed by atoms with van der Waals surface area (Å²) in [6.07, 6.45) is 0.127. The number of carbonyl (C=O) groups is 2. The van der Waals surface area contributed by atoms with Gasteiger partial charge < -0.3 is 10.1 Å². The van der Waals surface area contributed by atoms with Gasteiger partial charge in [0, 0.05) is 18.5 Å². The number of amides is 2. The molecule has 0 atom stereocenters. The zero-order valence-electron chi connectivity index (χ0n) is 11.4. The van der Waals surface area contributed by atoms with Crippen molar-refractivity contribution in [2.45, 2.75) is 6.42 Å². The lowest BCUT2D eigenvalue weighted by molar-refractivity contribution is -0.116. The molecule has 0 spiro atoms. The molecule has 0 radical (unpaired) electrons. The number of aromatic nitrogens is 3. The molecule has 110 valence electrons. The molecular formula is C13H15N5O3. The van der Waals surface area contributed by atoms with Gasteiger partial charge in [0.2, 0.25) is 11.9 Å². The summed E-state index contributed by atoms with van der Waals surface area (Å²) < 4.78 is 4.78. The fraction of sp³-hybridized carbons (Fsp3) is 0.231. The molecule has 1 heterocycles. The van der Waals surface area contributed by atoms with E-state index < -0.39 is 0 Å². The highest BCUT2D eigenvalue weighted by atomic mass is 16.5. The summed E-state index contributed by atoms with van der Waals surface area (Å²) in [7, 11) is 1.42. The summed E-state index contributed by atoms with van der Waals surface area (Å²) in [5, 5.41) is 11.4. The molecular weight excluding hydrogens is 274 g/mol. The number of methoxy groups -OCH3 is 1. The van der Waals surface area contributed by atoms with Crippen molar-refractivity contribution in [1.82, 2.24) is 20.5 Å². The summed E-state index contributed by atoms with van der Waals surface area (Å²) in [4.78, 5) is 27.2. The van der Waals surface area contributed by atoms with Crippen LogP contribution in [0.15, 0.2) is 30.3 Å². The maximum absolute atomic E-state index is 11.7. The third kappa shape index (κ3) is 4.30. The smallest absolute Gasteiger partial charge is 0.336 e. The van der Waals surface area contributed by atoms with E-state index in [2.05, 4.69) is 25.8 Å². The van der Waals surface area contributed by atoms with Crippen molar-refractivity contribution >= 4 is 17.8 Å². The molecule has 0 saturated carbocycles. The third-order valence-corrected chi connectivity index (χ3v) is 2.58. The van der Waals surface area contributed by atoms with E-state index in [1.54, 1.807) is 24.3 Å². The average molecular weight is 289 g/mol. The zero-order valence-corrected chi connectivity index (χ0v) is 11.4. The second-order valence-electron chi connectivity index (χ2n) is 4.09. The Morgan fingerprint density at radius 1 is 1.29 bits per heavy atom. The Morgan fingerprint density at radius 2 is 2.05 bits per heavy atom. The van der Waals surface area contributed by atoms with Gasteiger partial charge in [-0.25, -0.2) is 5.10 Å². The minimum absolute atomic E-state index is 0.127. The molecule has 2 aromatic rings. The molecule has 1 aromatic heterocycles. The van der Waals surface area contributed by atoms with Gasteiger partial charge in [-0.3, -0.25) is 14.9 Å². The highest BCUT2D eigenvalue weighted by molar-refractivity contribution is 5.94. The Bertz CT molecular complexity index is 611. The van der Waals surface area contributed by atoms with Crippen molar-refractivity contribution in [2.24, 2.45) is 0 Å². The third-order valence-electron chi connectivity index (χ3n) is 2.58. The molecule has 2 amide bonds. The van der Waals surface area contributed by atoms with Crippen LogP contribution in [0.25, 0.3) is 0 Å². The lowest BCUT2D eigenvalue weighted by Gasteiger charge is -2.04. The maximum Gasteiger partial charge on any atom is 0.336 e. The number of nitrogens with one attached hydrogen (secondary N) is 3. The van der Waals surface area contributed by atoms with Crippen molar-refractivity contribution < 1.29 is 14.3 Å². The van der Waals surface area contributed by atoms with E-state index in [-0.39, 0.29) is 36.7 Å². The number of aromatic amines is 1. The van der Waals surface area contributed by atoms with Gasteiger partial charge in [-0.2, -0.15) is 4.98 Å². The topological polar surface area (TPSA) is 109 Å². The second-order valence-corrected chi connectivity index (χ2v) is 4.09. The van der Waals surface area contributed by atoms with E-state index in [1.807, 2.05) is 6.07 Å². The van der Waals surface area contributed by atoms with Crippen LogP contribution in [0.1, 0.15) is 16.8 Å². The molecule has 1 aromatic carbocycles. The SMILES string of the molecule is COc1n[nH]c(NC(=O)CCNC(=O)c2ccccc2)n1. The fourth-order valence-electron chi connectivity index (χ4n) is 1.57. The Balaban J connectivity index is 1.73. The predicted octanol–water partition coefficient (Wildman–Crippen LogP) is 0.572. The molecule has 0 unspecified atom stereocenters. The van der Waals surface area contributed by atoms with Crippen LogP contribution in [0.4, 0.5) is 5.95 Å². The maximum atomic E-state index is 11.7. The van der Waals surface area contributed by atoms with Crippen LogP contribution in [0, 0.1) is 0 Å². The van der Waals surface area contributed by atoms with Crippen molar-refractivity contribution in [3.8, 4) is 6.01 Å². The molecule has 3 N–H and O–H groups in total. The predicted molar refractivity (Wildman–Crippen MR) is 75.0 cm³/mol. The summed E-state index contributed by atoms with van der Waals surface area (Å²) in [5.74, 6) is -0.307. The Kier molecular flexibility index (Phi) is 4.86. The monoisotopic (exact) mass is 289 g/mol. The number of benzene rings is 1. The van der Waals surface area contributed by atoms with E-state index in [9.17, 15) is 9.59 Å². The van der Waals surface area contributed by atoms with Crippen LogP contribution in [-0.2, 0) is 4.79 Å². The first-order valence-electron chi connectivity index (χ1n) is 6.28. The van der Waals surface area contributed by atoms with E-state index in [4.69, 9.17) is 4.74 Å². The van der Waals surface area contributed by atoms with Crippen molar-refractivity contribution in [2.75, 3.05) is 19.0 Å². The van der Waals surface area contributed by atoms with E-state index >= 15 is 0 Å². The van der Waals surface area contributed by atoms with Crippen LogP contribution < -0.4 is 15.4 Å². The molecule has 0 saturated heterocycles. The number of carbonyl (C=O) groups excluding carboxylic acids is 2. The van der Waals surface area contributed by atoms with Crippen LogP contribution in [0.2, 0.25) is 0 Å². The van der Waals surface area contributed by atoms with Gasteiger partial charge in [-0.15, -0.1) is 5.10 Å². The number of hydrogen-bond donors (Lipinski definition) is 3. The van der Waals surface area contributed by atoms with Gasteiger partial charge in [0.1, 0.15) is 0 Å². The fourth-order valence-corrected chi connectivity index (χ4v) is 1.57. The summed E-state index contributed by atoms with van der Waals surface area (Å²) >= 11 is 0. The summed E-state index contributed by atoms with van der Waals surface area (Å²) in [6, 6.07) is 8.93. The lowest BCUT2D eigenvalue weighted by atomic mass is 10.2. The number of rotatable bonds is 6. The standard InChI is InChI=1S/C13H15N5O3/c1-21-13-16-12(17-18-13)15-10(19)7-8-14-11(20)9-5-3-2-4-6-9/h2-6H,7-8H2,1H3,(H,14,20)(H2,15,16,17,18,19). The number of H-pyrrole nitrogens is 1. The molecule has 21 heavy (non-hydrogen) atoms. The number of hydrogen-bond acceptors (Lipinski definition) is 5. The average Bonchev–Trinajstić information content (AvgIpc) is 2.95. The normalized spacial score (nSPS) is 9.95. The van der Waals surface area contributed by atoms with Gasteiger partial charge in [0.05, 0.1) is 7.11 Å². The minimum Gasteiger partial charge on any atom is -0.466 e. The van der Waals surface area contributed by atoms with E-state index in [1.165, 1.54) is 7.11 Å². The minimum atomic E-state index is -0.290. The number of nitrogens with zero attached hydrogens (tertiary/aromatic N) is 2. The van der Waals surface area contributed by atoms with E-state index in [0.717, 1.165) is 0 Å². The lowest BCUT2D eigenvalue weighted by Crippen LogP contribution is -2.27. The Hall–Kier alpha value is -2.90. The molecule has 0 aliphatic heterocycles. The van der Waals surface area contributed by atoms with Crippen LogP contribution in [-0.4, -0.2) is 40.7 Å². The van der Waals surface area contributed by atoms with Crippen LogP contribution >= 0.6 is 0 Å². The molecule has 8 nitrogen and oxygen atoms in total. The Morgan fingerprint density at radius 3 is 2.71 bits per heavy atom. The van der Waals surface area contributed by atoms with Gasteiger partial charge >= 0.3 is 6.01 Å². The highest BCUT2D eigenvalue weighted by Crippen LogP contribution is 2.04. The molecule has 0 fully saturated rings. The summed E-state index contributed by atoms with van der Waals surface area (Å²) in [5.41, 5.74) is 0.554. The first kappa shape index (κ1) is 14.5. The molecule has 0 bridgehead atoms. The molecule has 8 heteroatoms. The van der Waals surface area contributed by atoms with Crippen molar-refractivity contribution in [3.05, 3.63) is 35.9 Å². The van der Waals surface area contributed by atoms with Crippen molar-refractivity contribution in [1.29, 1.82) is 0 Å². The Labute approximate surface area is 120 Å². The zero-order chi connectivity index (χ0) is 15.1. The first-order chi connectivity index (χ1) is 10.2. The van der Waals surface area contributed by atoms with Gasteiger partial charge in [0.25, 0.3) is 5.91 Å². The quantitative estimate of drug-likeness (QED) is 0.720. The largest absolute Gasteiger partial charge is 0.466 e. The van der Waals surface area contributed by atoms with Crippen LogP contribution in [0.5, 0.6) is 6.01 Å². The van der Waals surface area contributed by atoms with Gasteiger partial charge in [0.15, 0.2) is 0 Å². The van der Waals surface area contributed by atoms with Crippen LogP contribution in [0.3, 0.4) is 0 Å². The highest BCUT2D eigenvalue weighted by Gasteiger charge is 2.08. The molecule has 2 rings (SSSR count). The van der Waals surface area contributed by atoms with Gasteiger partial charge in [-0.05, 0) is 12.1 Å². The number of ether oxygens (including phenoxy) is 1. The summed E-state index contributed by atoms with van der Waals surface area (Å²) in [6.45, 7) is 0.227. The molecule has 0 aliphatic rings. The second kappa shape index (κ2) is 7.04. The first-order valence-corrected chi connectivity index (χ1v) is 6.28. The molecule has 0 aliphatic carbocycles.